The first-order chi connectivity index (χ1) is 15.5. The summed E-state index contributed by atoms with van der Waals surface area (Å²) in [5, 5.41) is 4.01. The Labute approximate surface area is 188 Å². The Kier molecular flexibility index (Phi) is 10.6. The van der Waals surface area contributed by atoms with Crippen molar-refractivity contribution in [1.82, 2.24) is 5.43 Å². The highest BCUT2D eigenvalue weighted by atomic mass is 16.6. The second kappa shape index (κ2) is 13.7. The fourth-order valence-corrected chi connectivity index (χ4v) is 2.81. The number of aryl methyl sites for hydroxylation is 1. The van der Waals surface area contributed by atoms with Crippen LogP contribution >= 0.6 is 0 Å². The summed E-state index contributed by atoms with van der Waals surface area (Å²) in [4.78, 5) is 23.5. The highest BCUT2D eigenvalue weighted by Crippen LogP contribution is 2.28. The first kappa shape index (κ1) is 24.7. The molecule has 0 aromatic heterocycles. The number of nitrogens with zero attached hydrogens (tertiary/aromatic N) is 1. The van der Waals surface area contributed by atoms with Crippen LogP contribution in [0.5, 0.6) is 17.2 Å². The van der Waals surface area contributed by atoms with Gasteiger partial charge in [0.25, 0.3) is 0 Å². The number of hydrogen-bond donors (Lipinski definition) is 1. The molecule has 32 heavy (non-hydrogen) atoms. The predicted octanol–water partition coefficient (Wildman–Crippen LogP) is 3.51. The molecule has 8 heteroatoms. The van der Waals surface area contributed by atoms with E-state index in [1.807, 2.05) is 31.2 Å². The van der Waals surface area contributed by atoms with Crippen LogP contribution in [0.2, 0.25) is 0 Å². The van der Waals surface area contributed by atoms with Gasteiger partial charge < -0.3 is 18.9 Å². The van der Waals surface area contributed by atoms with Crippen LogP contribution in [0.3, 0.4) is 0 Å². The first-order valence-corrected chi connectivity index (χ1v) is 10.6. The number of carbonyl (C=O) groups is 2. The van der Waals surface area contributed by atoms with E-state index in [2.05, 4.69) is 10.5 Å². The SMILES string of the molecule is CCOC(=O)COc1ccc(/C=N\NC(=O)CCCc2ccc(OC)cc2)cc1OCC. The normalized spacial score (nSPS) is 10.6. The molecule has 172 valence electrons. The van der Waals surface area contributed by atoms with Gasteiger partial charge in [0, 0.05) is 6.42 Å². The fourth-order valence-electron chi connectivity index (χ4n) is 2.81. The van der Waals surface area contributed by atoms with Crippen LogP contribution in [0.1, 0.15) is 37.8 Å². The Balaban J connectivity index is 1.82. The summed E-state index contributed by atoms with van der Waals surface area (Å²) in [5.41, 5.74) is 4.40. The van der Waals surface area contributed by atoms with Gasteiger partial charge in [-0.25, -0.2) is 10.2 Å². The van der Waals surface area contributed by atoms with Crippen molar-refractivity contribution in [2.45, 2.75) is 33.1 Å². The van der Waals surface area contributed by atoms with Crippen LogP contribution < -0.4 is 19.6 Å². The second-order valence-corrected chi connectivity index (χ2v) is 6.73. The number of esters is 1. The molecule has 0 bridgehead atoms. The van der Waals surface area contributed by atoms with Gasteiger partial charge in [-0.2, -0.15) is 5.10 Å². The standard InChI is InChI=1S/C24H30N2O6/c1-4-30-22-15-19(11-14-21(22)32-17-24(28)31-5-2)16-25-26-23(27)8-6-7-18-9-12-20(29-3)13-10-18/h9-16H,4-8,17H2,1-3H3,(H,26,27)/b25-16-. The maximum Gasteiger partial charge on any atom is 0.344 e. The third-order valence-corrected chi connectivity index (χ3v) is 4.35. The topological polar surface area (TPSA) is 95.5 Å². The Morgan fingerprint density at radius 2 is 1.78 bits per heavy atom. The number of benzene rings is 2. The van der Waals surface area contributed by atoms with E-state index < -0.39 is 5.97 Å². The molecule has 0 spiro atoms. The summed E-state index contributed by atoms with van der Waals surface area (Å²) in [6, 6.07) is 13.0. The fraction of sp³-hybridized carbons (Fsp3) is 0.375. The summed E-state index contributed by atoms with van der Waals surface area (Å²) in [6.07, 6.45) is 3.41. The van der Waals surface area contributed by atoms with E-state index in [4.69, 9.17) is 18.9 Å². The lowest BCUT2D eigenvalue weighted by atomic mass is 10.1. The molecule has 0 aliphatic carbocycles. The zero-order valence-electron chi connectivity index (χ0n) is 18.8. The molecule has 0 aliphatic heterocycles. The van der Waals surface area contributed by atoms with Crippen molar-refractivity contribution in [2.75, 3.05) is 26.9 Å². The number of hydrazone groups is 1. The van der Waals surface area contributed by atoms with E-state index in [1.165, 1.54) is 6.21 Å². The lowest BCUT2D eigenvalue weighted by Crippen LogP contribution is -2.17. The van der Waals surface area contributed by atoms with Gasteiger partial charge in [0.1, 0.15) is 5.75 Å². The number of hydrogen-bond acceptors (Lipinski definition) is 7. The quantitative estimate of drug-likeness (QED) is 0.290. The van der Waals surface area contributed by atoms with Gasteiger partial charge in [-0.15, -0.1) is 0 Å². The van der Waals surface area contributed by atoms with Crippen LogP contribution in [0.4, 0.5) is 0 Å². The molecule has 0 heterocycles. The van der Waals surface area contributed by atoms with Crippen molar-refractivity contribution < 1.29 is 28.5 Å². The van der Waals surface area contributed by atoms with E-state index in [-0.39, 0.29) is 12.5 Å². The third kappa shape index (κ3) is 8.67. The first-order valence-electron chi connectivity index (χ1n) is 10.6. The molecule has 0 fully saturated rings. The maximum absolute atomic E-state index is 12.0. The molecular weight excluding hydrogens is 412 g/mol. The molecule has 0 unspecified atom stereocenters. The highest BCUT2D eigenvalue weighted by molar-refractivity contribution is 5.83. The van der Waals surface area contributed by atoms with Crippen molar-refractivity contribution in [3.63, 3.8) is 0 Å². The summed E-state index contributed by atoms with van der Waals surface area (Å²) < 4.78 is 21.0. The van der Waals surface area contributed by atoms with E-state index in [0.717, 1.165) is 23.3 Å². The minimum Gasteiger partial charge on any atom is -0.497 e. The smallest absolute Gasteiger partial charge is 0.344 e. The number of rotatable bonds is 13. The average Bonchev–Trinajstić information content (AvgIpc) is 2.79. The molecule has 1 N–H and O–H groups in total. The van der Waals surface area contributed by atoms with Gasteiger partial charge in [-0.3, -0.25) is 4.79 Å². The minimum absolute atomic E-state index is 0.158. The molecule has 2 rings (SSSR count). The van der Waals surface area contributed by atoms with Gasteiger partial charge in [0.2, 0.25) is 5.91 Å². The monoisotopic (exact) mass is 442 g/mol. The molecule has 0 saturated carbocycles. The highest BCUT2D eigenvalue weighted by Gasteiger charge is 2.09. The van der Waals surface area contributed by atoms with Gasteiger partial charge in [0.15, 0.2) is 18.1 Å². The Morgan fingerprint density at radius 3 is 2.47 bits per heavy atom. The van der Waals surface area contributed by atoms with Gasteiger partial charge in [-0.1, -0.05) is 12.1 Å². The zero-order chi connectivity index (χ0) is 23.2. The number of carbonyl (C=O) groups excluding carboxylic acids is 2. The molecule has 2 aromatic rings. The summed E-state index contributed by atoms with van der Waals surface area (Å²) >= 11 is 0. The largest absolute Gasteiger partial charge is 0.497 e. The average molecular weight is 443 g/mol. The summed E-state index contributed by atoms with van der Waals surface area (Å²) in [6.45, 7) is 4.11. The molecule has 2 aromatic carbocycles. The molecule has 0 atom stereocenters. The molecule has 0 aliphatic rings. The molecular formula is C24H30N2O6. The number of nitrogens with one attached hydrogen (secondary N) is 1. The van der Waals surface area contributed by atoms with E-state index >= 15 is 0 Å². The Hall–Kier alpha value is -3.55. The molecule has 0 radical (unpaired) electrons. The lowest BCUT2D eigenvalue weighted by molar-refractivity contribution is -0.145. The Bertz CT molecular complexity index is 896. The zero-order valence-corrected chi connectivity index (χ0v) is 18.8. The summed E-state index contributed by atoms with van der Waals surface area (Å²) in [5.74, 6) is 1.11. The van der Waals surface area contributed by atoms with E-state index in [0.29, 0.717) is 37.6 Å². The van der Waals surface area contributed by atoms with Crippen LogP contribution in [-0.2, 0) is 20.7 Å². The van der Waals surface area contributed by atoms with Gasteiger partial charge in [-0.05, 0) is 68.1 Å². The summed E-state index contributed by atoms with van der Waals surface area (Å²) in [7, 11) is 1.63. The van der Waals surface area contributed by atoms with Crippen molar-refractivity contribution in [3.05, 3.63) is 53.6 Å². The van der Waals surface area contributed by atoms with Crippen molar-refractivity contribution >= 4 is 18.1 Å². The van der Waals surface area contributed by atoms with Crippen molar-refractivity contribution in [1.29, 1.82) is 0 Å². The van der Waals surface area contributed by atoms with Crippen LogP contribution in [0.25, 0.3) is 0 Å². The molecule has 0 saturated heterocycles. The van der Waals surface area contributed by atoms with Gasteiger partial charge in [0.05, 0.1) is 26.5 Å². The number of methoxy groups -OCH3 is 1. The Morgan fingerprint density at radius 1 is 1.00 bits per heavy atom. The number of amides is 1. The van der Waals surface area contributed by atoms with E-state index in [9.17, 15) is 9.59 Å². The lowest BCUT2D eigenvalue weighted by Gasteiger charge is -2.12. The van der Waals surface area contributed by atoms with E-state index in [1.54, 1.807) is 32.2 Å². The van der Waals surface area contributed by atoms with Crippen molar-refractivity contribution in [3.8, 4) is 17.2 Å². The predicted molar refractivity (Wildman–Crippen MR) is 121 cm³/mol. The second-order valence-electron chi connectivity index (χ2n) is 6.73. The van der Waals surface area contributed by atoms with Crippen LogP contribution in [0, 0.1) is 0 Å². The molecule has 8 nitrogen and oxygen atoms in total. The molecule has 1 amide bonds. The van der Waals surface area contributed by atoms with Crippen LogP contribution in [-0.4, -0.2) is 45.0 Å². The minimum atomic E-state index is -0.449. The van der Waals surface area contributed by atoms with Crippen LogP contribution in [0.15, 0.2) is 47.6 Å². The maximum atomic E-state index is 12.0. The van der Waals surface area contributed by atoms with Crippen molar-refractivity contribution in [2.24, 2.45) is 5.10 Å². The third-order valence-electron chi connectivity index (χ3n) is 4.35. The number of ether oxygens (including phenoxy) is 4. The van der Waals surface area contributed by atoms with Gasteiger partial charge >= 0.3 is 5.97 Å².